The lowest BCUT2D eigenvalue weighted by Crippen LogP contribution is -2.06. The first-order chi connectivity index (χ1) is 5.70. The zero-order chi connectivity index (χ0) is 9.40. The van der Waals surface area contributed by atoms with E-state index in [9.17, 15) is 4.79 Å². The second-order valence-corrected chi connectivity index (χ2v) is 2.98. The molecule has 0 radical (unpaired) electrons. The summed E-state index contributed by atoms with van der Waals surface area (Å²) in [6, 6.07) is 0. The smallest absolute Gasteiger partial charge is 0.305 e. The second-order valence-electron chi connectivity index (χ2n) is 2.98. The number of ether oxygens (including phenoxy) is 1. The first kappa shape index (κ1) is 11.4. The first-order valence-electron chi connectivity index (χ1n) is 4.47. The molecule has 0 aliphatic rings. The third kappa shape index (κ3) is 6.16. The maximum atomic E-state index is 10.8. The van der Waals surface area contributed by atoms with E-state index >= 15 is 0 Å². The molecule has 0 rings (SSSR count). The van der Waals surface area contributed by atoms with Gasteiger partial charge >= 0.3 is 5.97 Å². The van der Waals surface area contributed by atoms with Crippen LogP contribution in [0, 0.1) is 5.92 Å². The summed E-state index contributed by atoms with van der Waals surface area (Å²) < 4.78 is 4.76. The van der Waals surface area contributed by atoms with Gasteiger partial charge in [-0.1, -0.05) is 6.92 Å². The molecule has 0 unspecified atom stereocenters. The summed E-state index contributed by atoms with van der Waals surface area (Å²) in [6.07, 6.45) is 2.16. The van der Waals surface area contributed by atoms with Crippen LogP contribution in [0.25, 0.3) is 0 Å². The molecular formula is C9H18O3. The Morgan fingerprint density at radius 2 is 2.25 bits per heavy atom. The summed E-state index contributed by atoms with van der Waals surface area (Å²) >= 11 is 0. The van der Waals surface area contributed by atoms with Crippen molar-refractivity contribution in [2.75, 3.05) is 13.2 Å². The predicted molar refractivity (Wildman–Crippen MR) is 46.7 cm³/mol. The van der Waals surface area contributed by atoms with Gasteiger partial charge in [-0.25, -0.2) is 0 Å². The van der Waals surface area contributed by atoms with Gasteiger partial charge in [0.05, 0.1) is 6.61 Å². The van der Waals surface area contributed by atoms with Crippen LogP contribution in [0.2, 0.25) is 0 Å². The minimum atomic E-state index is -0.136. The molecule has 12 heavy (non-hydrogen) atoms. The molecule has 3 heteroatoms. The number of hydrogen-bond donors (Lipinski definition) is 1. The van der Waals surface area contributed by atoms with E-state index in [1.54, 1.807) is 6.92 Å². The van der Waals surface area contributed by atoms with Crippen LogP contribution in [0.15, 0.2) is 0 Å². The van der Waals surface area contributed by atoms with E-state index in [1.165, 1.54) is 0 Å². The van der Waals surface area contributed by atoms with Gasteiger partial charge in [0.15, 0.2) is 0 Å². The fourth-order valence-electron chi connectivity index (χ4n) is 0.919. The Hall–Kier alpha value is -0.570. The van der Waals surface area contributed by atoms with Gasteiger partial charge in [0, 0.05) is 13.0 Å². The Bertz CT molecular complexity index is 123. The molecule has 0 saturated carbocycles. The number of rotatable bonds is 6. The van der Waals surface area contributed by atoms with E-state index < -0.39 is 0 Å². The Morgan fingerprint density at radius 3 is 2.75 bits per heavy atom. The summed E-state index contributed by atoms with van der Waals surface area (Å²) in [5.41, 5.74) is 0. The van der Waals surface area contributed by atoms with Gasteiger partial charge in [-0.3, -0.25) is 4.79 Å². The molecule has 0 amide bonds. The van der Waals surface area contributed by atoms with Crippen LogP contribution in [-0.2, 0) is 9.53 Å². The van der Waals surface area contributed by atoms with Crippen LogP contribution in [0.3, 0.4) is 0 Å². The van der Waals surface area contributed by atoms with Crippen molar-refractivity contribution in [2.24, 2.45) is 5.92 Å². The molecule has 3 nitrogen and oxygen atoms in total. The van der Waals surface area contributed by atoms with E-state index in [0.717, 1.165) is 12.8 Å². The average Bonchev–Trinajstić information content (AvgIpc) is 2.04. The molecule has 0 aromatic rings. The van der Waals surface area contributed by atoms with Crippen LogP contribution in [0.4, 0.5) is 0 Å². The normalized spacial score (nSPS) is 12.6. The van der Waals surface area contributed by atoms with Crippen LogP contribution < -0.4 is 0 Å². The summed E-state index contributed by atoms with van der Waals surface area (Å²) in [5.74, 6) is 0.155. The van der Waals surface area contributed by atoms with Crippen molar-refractivity contribution < 1.29 is 14.6 Å². The Kier molecular flexibility index (Phi) is 6.76. The Labute approximate surface area is 73.7 Å². The molecule has 0 bridgehead atoms. The molecule has 72 valence electrons. The highest BCUT2D eigenvalue weighted by atomic mass is 16.5. The molecule has 0 heterocycles. The standard InChI is InChI=1S/C9H18O3/c1-3-12-9(11)6-4-5-8(2)7-10/h8,10H,3-7H2,1-2H3/t8-/m0/s1. The van der Waals surface area contributed by atoms with Crippen molar-refractivity contribution in [3.8, 4) is 0 Å². The minimum Gasteiger partial charge on any atom is -0.466 e. The molecule has 0 aliphatic carbocycles. The zero-order valence-electron chi connectivity index (χ0n) is 7.88. The largest absolute Gasteiger partial charge is 0.466 e. The van der Waals surface area contributed by atoms with Crippen molar-refractivity contribution >= 4 is 5.97 Å². The van der Waals surface area contributed by atoms with Crippen LogP contribution >= 0.6 is 0 Å². The lowest BCUT2D eigenvalue weighted by molar-refractivity contribution is -0.143. The number of carbonyl (C=O) groups is 1. The van der Waals surface area contributed by atoms with Crippen molar-refractivity contribution in [1.29, 1.82) is 0 Å². The molecular weight excluding hydrogens is 156 g/mol. The maximum absolute atomic E-state index is 10.8. The zero-order valence-corrected chi connectivity index (χ0v) is 7.88. The Balaban J connectivity index is 3.24. The van der Waals surface area contributed by atoms with Gasteiger partial charge in [0.1, 0.15) is 0 Å². The molecule has 1 N–H and O–H groups in total. The first-order valence-corrected chi connectivity index (χ1v) is 4.47. The van der Waals surface area contributed by atoms with Gasteiger partial charge in [-0.2, -0.15) is 0 Å². The highest BCUT2D eigenvalue weighted by Gasteiger charge is 2.03. The van der Waals surface area contributed by atoms with E-state index in [4.69, 9.17) is 9.84 Å². The van der Waals surface area contributed by atoms with Crippen molar-refractivity contribution in [1.82, 2.24) is 0 Å². The summed E-state index contributed by atoms with van der Waals surface area (Å²) in [6.45, 7) is 4.41. The molecule has 1 atom stereocenters. The SMILES string of the molecule is CCOC(=O)CCC[C@H](C)CO. The highest BCUT2D eigenvalue weighted by molar-refractivity contribution is 5.69. The van der Waals surface area contributed by atoms with E-state index in [2.05, 4.69) is 0 Å². The number of hydrogen-bond acceptors (Lipinski definition) is 3. The van der Waals surface area contributed by atoms with Gasteiger partial charge in [-0.15, -0.1) is 0 Å². The van der Waals surface area contributed by atoms with Crippen LogP contribution in [0.5, 0.6) is 0 Å². The molecule has 0 spiro atoms. The number of aliphatic hydroxyl groups is 1. The minimum absolute atomic E-state index is 0.136. The van der Waals surface area contributed by atoms with Crippen LogP contribution in [-0.4, -0.2) is 24.3 Å². The monoisotopic (exact) mass is 174 g/mol. The molecule has 0 aromatic carbocycles. The fraction of sp³-hybridized carbons (Fsp3) is 0.889. The summed E-state index contributed by atoms with van der Waals surface area (Å²) in [5, 5.41) is 8.69. The van der Waals surface area contributed by atoms with Gasteiger partial charge in [-0.05, 0) is 25.7 Å². The second kappa shape index (κ2) is 7.10. The predicted octanol–water partition coefficient (Wildman–Crippen LogP) is 1.35. The third-order valence-corrected chi connectivity index (χ3v) is 1.69. The molecule has 0 fully saturated rings. The summed E-state index contributed by atoms with van der Waals surface area (Å²) in [4.78, 5) is 10.8. The number of aliphatic hydroxyl groups excluding tert-OH is 1. The fourth-order valence-corrected chi connectivity index (χ4v) is 0.919. The van der Waals surface area contributed by atoms with Gasteiger partial charge in [0.25, 0.3) is 0 Å². The van der Waals surface area contributed by atoms with Crippen LogP contribution in [0.1, 0.15) is 33.1 Å². The van der Waals surface area contributed by atoms with E-state index in [0.29, 0.717) is 18.9 Å². The van der Waals surface area contributed by atoms with Crippen molar-refractivity contribution in [2.45, 2.75) is 33.1 Å². The van der Waals surface area contributed by atoms with Crippen molar-refractivity contribution in [3.05, 3.63) is 0 Å². The quantitative estimate of drug-likeness (QED) is 0.618. The van der Waals surface area contributed by atoms with E-state index in [-0.39, 0.29) is 12.6 Å². The topological polar surface area (TPSA) is 46.5 Å². The highest BCUT2D eigenvalue weighted by Crippen LogP contribution is 2.06. The lowest BCUT2D eigenvalue weighted by Gasteiger charge is -2.06. The molecule has 0 saturated heterocycles. The van der Waals surface area contributed by atoms with E-state index in [1.807, 2.05) is 6.92 Å². The third-order valence-electron chi connectivity index (χ3n) is 1.69. The lowest BCUT2D eigenvalue weighted by atomic mass is 10.1. The van der Waals surface area contributed by atoms with Gasteiger partial charge in [0.2, 0.25) is 0 Å². The molecule has 0 aliphatic heterocycles. The summed E-state index contributed by atoms with van der Waals surface area (Å²) in [7, 11) is 0. The Morgan fingerprint density at radius 1 is 1.58 bits per heavy atom. The molecule has 0 aromatic heterocycles. The number of esters is 1. The average molecular weight is 174 g/mol. The maximum Gasteiger partial charge on any atom is 0.305 e. The number of carbonyl (C=O) groups excluding carboxylic acids is 1. The van der Waals surface area contributed by atoms with Crippen molar-refractivity contribution in [3.63, 3.8) is 0 Å². The van der Waals surface area contributed by atoms with Gasteiger partial charge < -0.3 is 9.84 Å².